The second-order valence-electron chi connectivity index (χ2n) is 6.75. The molecule has 2 fully saturated rings. The molecule has 2 N–H and O–H groups in total. The standard InChI is InChI=1S/C19H30N4.HI/c1-20-19(22-17-11-5-6-12-17)21-15-18(23-13-7-8-14-23)16-9-3-2-4-10-16;/h2-4,9-10,17-18H,5-8,11-15H2,1H3,(H2,20,21,22);1H. The molecule has 1 aliphatic carbocycles. The molecular formula is C19H31IN4. The van der Waals surface area contributed by atoms with E-state index >= 15 is 0 Å². The van der Waals surface area contributed by atoms with E-state index in [4.69, 9.17) is 0 Å². The summed E-state index contributed by atoms with van der Waals surface area (Å²) in [6.07, 6.45) is 7.87. The molecular weight excluding hydrogens is 411 g/mol. The van der Waals surface area contributed by atoms with Gasteiger partial charge < -0.3 is 10.6 Å². The molecule has 24 heavy (non-hydrogen) atoms. The van der Waals surface area contributed by atoms with E-state index in [1.54, 1.807) is 0 Å². The predicted molar refractivity (Wildman–Crippen MR) is 112 cm³/mol. The quantitative estimate of drug-likeness (QED) is 0.416. The first kappa shape index (κ1) is 19.5. The van der Waals surface area contributed by atoms with Crippen molar-refractivity contribution in [2.45, 2.75) is 50.6 Å². The van der Waals surface area contributed by atoms with Gasteiger partial charge in [-0.1, -0.05) is 43.2 Å². The summed E-state index contributed by atoms with van der Waals surface area (Å²) in [5.74, 6) is 0.956. The number of guanidine groups is 1. The largest absolute Gasteiger partial charge is 0.354 e. The van der Waals surface area contributed by atoms with Gasteiger partial charge in [0.2, 0.25) is 0 Å². The first-order valence-electron chi connectivity index (χ1n) is 9.13. The molecule has 1 heterocycles. The van der Waals surface area contributed by atoms with Crippen molar-refractivity contribution in [2.24, 2.45) is 4.99 Å². The Morgan fingerprint density at radius 1 is 1.12 bits per heavy atom. The van der Waals surface area contributed by atoms with Crippen molar-refractivity contribution in [2.75, 3.05) is 26.7 Å². The first-order chi connectivity index (χ1) is 11.4. The molecule has 0 amide bonds. The smallest absolute Gasteiger partial charge is 0.191 e. The van der Waals surface area contributed by atoms with Crippen LogP contribution < -0.4 is 10.6 Å². The van der Waals surface area contributed by atoms with Crippen LogP contribution in [0.4, 0.5) is 0 Å². The van der Waals surface area contributed by atoms with E-state index in [1.807, 2.05) is 7.05 Å². The lowest BCUT2D eigenvalue weighted by molar-refractivity contribution is 0.245. The maximum Gasteiger partial charge on any atom is 0.191 e. The third kappa shape index (κ3) is 5.34. The Balaban J connectivity index is 0.00000208. The lowest BCUT2D eigenvalue weighted by Gasteiger charge is -2.29. The Bertz CT molecular complexity index is 493. The van der Waals surface area contributed by atoms with E-state index < -0.39 is 0 Å². The molecule has 1 aliphatic heterocycles. The summed E-state index contributed by atoms with van der Waals surface area (Å²) in [5, 5.41) is 7.15. The van der Waals surface area contributed by atoms with Crippen molar-refractivity contribution >= 4 is 29.9 Å². The molecule has 1 saturated carbocycles. The second-order valence-corrected chi connectivity index (χ2v) is 6.75. The van der Waals surface area contributed by atoms with Gasteiger partial charge >= 0.3 is 0 Å². The minimum atomic E-state index is 0. The van der Waals surface area contributed by atoms with Gasteiger partial charge in [0, 0.05) is 19.6 Å². The Labute approximate surface area is 163 Å². The van der Waals surface area contributed by atoms with Gasteiger partial charge in [0.15, 0.2) is 5.96 Å². The summed E-state index contributed by atoms with van der Waals surface area (Å²) in [6, 6.07) is 11.9. The summed E-state index contributed by atoms with van der Waals surface area (Å²) < 4.78 is 0. The van der Waals surface area contributed by atoms with Crippen molar-refractivity contribution < 1.29 is 0 Å². The third-order valence-electron chi connectivity index (χ3n) is 5.15. The Morgan fingerprint density at radius 3 is 2.42 bits per heavy atom. The fourth-order valence-electron chi connectivity index (χ4n) is 3.84. The van der Waals surface area contributed by atoms with Crippen LogP contribution in [0.2, 0.25) is 0 Å². The van der Waals surface area contributed by atoms with Gasteiger partial charge in [-0.15, -0.1) is 24.0 Å². The SMILES string of the molecule is CN=C(NCC(c1ccccc1)N1CCCC1)NC1CCCC1.I. The van der Waals surface area contributed by atoms with Crippen LogP contribution in [-0.2, 0) is 0 Å². The van der Waals surface area contributed by atoms with Crippen molar-refractivity contribution in [1.29, 1.82) is 0 Å². The van der Waals surface area contributed by atoms with E-state index in [9.17, 15) is 0 Å². The summed E-state index contributed by atoms with van der Waals surface area (Å²) in [7, 11) is 1.87. The lowest BCUT2D eigenvalue weighted by Crippen LogP contribution is -2.45. The molecule has 1 aromatic carbocycles. The molecule has 4 nitrogen and oxygen atoms in total. The van der Waals surface area contributed by atoms with Crippen LogP contribution >= 0.6 is 24.0 Å². The van der Waals surface area contributed by atoms with E-state index in [2.05, 4.69) is 50.9 Å². The van der Waals surface area contributed by atoms with Gasteiger partial charge in [0.25, 0.3) is 0 Å². The van der Waals surface area contributed by atoms with Gasteiger partial charge in [-0.2, -0.15) is 0 Å². The van der Waals surface area contributed by atoms with E-state index in [1.165, 1.54) is 57.2 Å². The van der Waals surface area contributed by atoms with Gasteiger partial charge in [0.05, 0.1) is 6.04 Å². The average molecular weight is 442 g/mol. The van der Waals surface area contributed by atoms with Crippen LogP contribution in [0.15, 0.2) is 35.3 Å². The highest BCUT2D eigenvalue weighted by atomic mass is 127. The van der Waals surface area contributed by atoms with Gasteiger partial charge in [-0.25, -0.2) is 0 Å². The average Bonchev–Trinajstić information content (AvgIpc) is 3.29. The van der Waals surface area contributed by atoms with Gasteiger partial charge in [-0.05, 0) is 44.3 Å². The fraction of sp³-hybridized carbons (Fsp3) is 0.632. The summed E-state index contributed by atoms with van der Waals surface area (Å²) in [6.45, 7) is 3.32. The maximum absolute atomic E-state index is 4.42. The second kappa shape index (κ2) is 10.2. The highest BCUT2D eigenvalue weighted by molar-refractivity contribution is 14.0. The van der Waals surface area contributed by atoms with E-state index in [0.29, 0.717) is 12.1 Å². The summed E-state index contributed by atoms with van der Waals surface area (Å²) in [4.78, 5) is 7.02. The topological polar surface area (TPSA) is 39.7 Å². The molecule has 3 rings (SSSR count). The predicted octanol–water partition coefficient (Wildman–Crippen LogP) is 3.55. The molecule has 1 saturated heterocycles. The number of rotatable bonds is 5. The van der Waals surface area contributed by atoms with Crippen molar-refractivity contribution in [3.05, 3.63) is 35.9 Å². The number of hydrogen-bond donors (Lipinski definition) is 2. The van der Waals surface area contributed by atoms with Crippen molar-refractivity contribution in [1.82, 2.24) is 15.5 Å². The summed E-state index contributed by atoms with van der Waals surface area (Å²) in [5.41, 5.74) is 1.40. The molecule has 5 heteroatoms. The zero-order valence-electron chi connectivity index (χ0n) is 14.7. The lowest BCUT2D eigenvalue weighted by atomic mass is 10.1. The van der Waals surface area contributed by atoms with Crippen molar-refractivity contribution in [3.8, 4) is 0 Å². The molecule has 1 unspecified atom stereocenters. The Hall–Kier alpha value is -0.820. The van der Waals surface area contributed by atoms with Crippen molar-refractivity contribution in [3.63, 3.8) is 0 Å². The number of likely N-dealkylation sites (tertiary alicyclic amines) is 1. The first-order valence-corrected chi connectivity index (χ1v) is 9.13. The summed E-state index contributed by atoms with van der Waals surface area (Å²) >= 11 is 0. The minimum absolute atomic E-state index is 0. The van der Waals surface area contributed by atoms with Crippen LogP contribution in [-0.4, -0.2) is 43.6 Å². The number of aliphatic imine (C=N–C) groups is 1. The molecule has 1 atom stereocenters. The minimum Gasteiger partial charge on any atom is -0.354 e. The molecule has 134 valence electrons. The maximum atomic E-state index is 4.42. The number of halogens is 1. The number of nitrogens with zero attached hydrogens (tertiary/aromatic N) is 2. The zero-order chi connectivity index (χ0) is 15.9. The van der Waals surface area contributed by atoms with Gasteiger partial charge in [0.1, 0.15) is 0 Å². The van der Waals surface area contributed by atoms with Crippen LogP contribution in [0.1, 0.15) is 50.1 Å². The van der Waals surface area contributed by atoms with E-state index in [-0.39, 0.29) is 24.0 Å². The zero-order valence-corrected chi connectivity index (χ0v) is 17.0. The highest BCUT2D eigenvalue weighted by Crippen LogP contribution is 2.24. The van der Waals surface area contributed by atoms with Crippen LogP contribution in [0.3, 0.4) is 0 Å². The van der Waals surface area contributed by atoms with Crippen LogP contribution in [0, 0.1) is 0 Å². The highest BCUT2D eigenvalue weighted by Gasteiger charge is 2.24. The normalized spacial score (nSPS) is 20.6. The van der Waals surface area contributed by atoms with Crippen LogP contribution in [0.5, 0.6) is 0 Å². The number of hydrogen-bond acceptors (Lipinski definition) is 2. The molecule has 0 radical (unpaired) electrons. The molecule has 0 bridgehead atoms. The molecule has 0 spiro atoms. The van der Waals surface area contributed by atoms with E-state index in [0.717, 1.165) is 12.5 Å². The number of benzene rings is 1. The Morgan fingerprint density at radius 2 is 1.79 bits per heavy atom. The van der Waals surface area contributed by atoms with Crippen LogP contribution in [0.25, 0.3) is 0 Å². The third-order valence-corrected chi connectivity index (χ3v) is 5.15. The molecule has 2 aliphatic rings. The Kier molecular flexibility index (Phi) is 8.32. The molecule has 0 aromatic heterocycles. The monoisotopic (exact) mass is 442 g/mol. The van der Waals surface area contributed by atoms with Gasteiger partial charge in [-0.3, -0.25) is 9.89 Å². The fourth-order valence-corrected chi connectivity index (χ4v) is 3.84. The number of nitrogens with one attached hydrogen (secondary N) is 2. The molecule has 1 aromatic rings.